The summed E-state index contributed by atoms with van der Waals surface area (Å²) in [5, 5.41) is 3.05. The maximum atomic E-state index is 12.3. The molecule has 2 aromatic rings. The minimum absolute atomic E-state index is 0.267. The van der Waals surface area contributed by atoms with Gasteiger partial charge in [-0.05, 0) is 36.8 Å². The fourth-order valence-corrected chi connectivity index (χ4v) is 2.04. The number of anilines is 3. The number of nitrogens with two attached hydrogens (primary N) is 1. The monoisotopic (exact) mass is 304 g/mol. The molecule has 0 aliphatic carbocycles. The topological polar surface area (TPSA) is 71.2 Å². The van der Waals surface area contributed by atoms with Crippen LogP contribution in [0.15, 0.2) is 30.3 Å². The lowest BCUT2D eigenvalue weighted by Crippen LogP contribution is -2.16. The van der Waals surface area contributed by atoms with Crippen LogP contribution >= 0.6 is 11.6 Å². The Bertz CT molecular complexity index is 685. The predicted molar refractivity (Wildman–Crippen MR) is 87.1 cm³/mol. The molecule has 0 aliphatic rings. The van der Waals surface area contributed by atoms with Crippen molar-refractivity contribution in [2.24, 2.45) is 0 Å². The summed E-state index contributed by atoms with van der Waals surface area (Å²) in [5.41, 5.74) is 8.46. The average Bonchev–Trinajstić information content (AvgIpc) is 2.41. The molecule has 0 bridgehead atoms. The first-order chi connectivity index (χ1) is 9.86. The second-order valence-corrected chi connectivity index (χ2v) is 5.36. The van der Waals surface area contributed by atoms with Crippen LogP contribution in [-0.2, 0) is 0 Å². The number of benzene rings is 1. The predicted octanol–water partition coefficient (Wildman–Crippen LogP) is 2.94. The Labute approximate surface area is 128 Å². The number of aryl methyl sites for hydroxylation is 1. The summed E-state index contributed by atoms with van der Waals surface area (Å²) in [6.07, 6.45) is 0. The van der Waals surface area contributed by atoms with Crippen molar-refractivity contribution in [3.05, 3.63) is 46.6 Å². The molecule has 0 aliphatic heterocycles. The molecule has 1 heterocycles. The molecule has 0 atom stereocenters. The molecule has 0 saturated heterocycles. The van der Waals surface area contributed by atoms with E-state index in [1.165, 1.54) is 6.07 Å². The average molecular weight is 305 g/mol. The summed E-state index contributed by atoms with van der Waals surface area (Å²) in [7, 11) is 3.66. The van der Waals surface area contributed by atoms with Gasteiger partial charge in [-0.1, -0.05) is 17.7 Å². The zero-order valence-corrected chi connectivity index (χ0v) is 12.9. The highest BCUT2D eigenvalue weighted by molar-refractivity contribution is 6.30. The van der Waals surface area contributed by atoms with Crippen molar-refractivity contribution in [3.63, 3.8) is 0 Å². The van der Waals surface area contributed by atoms with Crippen LogP contribution in [0.4, 0.5) is 17.2 Å². The summed E-state index contributed by atoms with van der Waals surface area (Å²) in [5.74, 6) is 0.336. The highest BCUT2D eigenvalue weighted by Crippen LogP contribution is 2.22. The first-order valence-electron chi connectivity index (χ1n) is 6.39. The molecule has 2 rings (SSSR count). The third-order valence-corrected chi connectivity index (χ3v) is 3.15. The maximum absolute atomic E-state index is 12.3. The molecule has 5 nitrogen and oxygen atoms in total. The number of hydrogen-bond donors (Lipinski definition) is 2. The molecular formula is C15H17ClN4O. The Kier molecular flexibility index (Phi) is 4.33. The van der Waals surface area contributed by atoms with Gasteiger partial charge in [0.2, 0.25) is 0 Å². The summed E-state index contributed by atoms with van der Waals surface area (Å²) < 4.78 is 0. The lowest BCUT2D eigenvalue weighted by molar-refractivity contribution is 0.102. The van der Waals surface area contributed by atoms with E-state index in [1.807, 2.05) is 27.1 Å². The smallest absolute Gasteiger partial charge is 0.255 e. The Balaban J connectivity index is 2.28. The first-order valence-corrected chi connectivity index (χ1v) is 6.77. The number of nitrogens with zero attached hydrogens (tertiary/aromatic N) is 2. The van der Waals surface area contributed by atoms with Crippen LogP contribution in [0.5, 0.6) is 0 Å². The van der Waals surface area contributed by atoms with Gasteiger partial charge in [-0.2, -0.15) is 0 Å². The van der Waals surface area contributed by atoms with E-state index in [4.69, 9.17) is 17.3 Å². The quantitative estimate of drug-likeness (QED) is 0.675. The van der Waals surface area contributed by atoms with Crippen molar-refractivity contribution in [2.75, 3.05) is 30.0 Å². The number of pyridine rings is 1. The summed E-state index contributed by atoms with van der Waals surface area (Å²) >= 11 is 5.95. The molecule has 0 spiro atoms. The van der Waals surface area contributed by atoms with Gasteiger partial charge in [0.15, 0.2) is 0 Å². The highest BCUT2D eigenvalue weighted by Gasteiger charge is 2.12. The van der Waals surface area contributed by atoms with Crippen LogP contribution in [0.2, 0.25) is 5.15 Å². The van der Waals surface area contributed by atoms with Gasteiger partial charge in [-0.15, -0.1) is 0 Å². The van der Waals surface area contributed by atoms with E-state index in [2.05, 4.69) is 10.3 Å². The van der Waals surface area contributed by atoms with Gasteiger partial charge in [0.05, 0.1) is 11.4 Å². The fraction of sp³-hybridized carbons (Fsp3) is 0.200. The standard InChI is InChI=1S/C15H17ClN4O/c1-9-4-5-12(11(17)6-9)18-15(21)10-7-13(16)19-14(8-10)20(2)3/h4-8H,17H2,1-3H3,(H,18,21). The molecule has 0 saturated carbocycles. The van der Waals surface area contributed by atoms with Gasteiger partial charge in [0.25, 0.3) is 5.91 Å². The molecule has 1 amide bonds. The van der Waals surface area contributed by atoms with Crippen molar-refractivity contribution < 1.29 is 4.79 Å². The minimum atomic E-state index is -0.280. The van der Waals surface area contributed by atoms with E-state index in [9.17, 15) is 4.79 Å². The molecule has 21 heavy (non-hydrogen) atoms. The Morgan fingerprint density at radius 3 is 2.62 bits per heavy atom. The number of carbonyl (C=O) groups is 1. The number of carbonyl (C=O) groups excluding carboxylic acids is 1. The van der Waals surface area contributed by atoms with Crippen LogP contribution in [0, 0.1) is 6.92 Å². The SMILES string of the molecule is Cc1ccc(NC(=O)c2cc(Cl)nc(N(C)C)c2)c(N)c1. The van der Waals surface area contributed by atoms with E-state index in [1.54, 1.807) is 23.1 Å². The van der Waals surface area contributed by atoms with E-state index in [0.29, 0.717) is 22.8 Å². The number of nitrogen functional groups attached to an aromatic ring is 1. The van der Waals surface area contributed by atoms with Crippen LogP contribution in [-0.4, -0.2) is 25.0 Å². The van der Waals surface area contributed by atoms with E-state index < -0.39 is 0 Å². The normalized spacial score (nSPS) is 10.3. The fourth-order valence-electron chi connectivity index (χ4n) is 1.83. The zero-order valence-electron chi connectivity index (χ0n) is 12.1. The summed E-state index contributed by atoms with van der Waals surface area (Å²) in [6, 6.07) is 8.66. The molecule has 0 fully saturated rings. The molecule has 0 unspecified atom stereocenters. The summed E-state index contributed by atoms with van der Waals surface area (Å²) in [6.45, 7) is 1.94. The molecule has 6 heteroatoms. The molecule has 3 N–H and O–H groups in total. The highest BCUT2D eigenvalue weighted by atomic mass is 35.5. The zero-order chi connectivity index (χ0) is 15.6. The van der Waals surface area contributed by atoms with Gasteiger partial charge >= 0.3 is 0 Å². The van der Waals surface area contributed by atoms with Crippen molar-refractivity contribution in [2.45, 2.75) is 6.92 Å². The number of rotatable bonds is 3. The number of halogens is 1. The molecule has 110 valence electrons. The Hall–Kier alpha value is -2.27. The van der Waals surface area contributed by atoms with Crippen molar-refractivity contribution in [3.8, 4) is 0 Å². The second kappa shape index (κ2) is 6.01. The number of amides is 1. The molecule has 1 aromatic heterocycles. The van der Waals surface area contributed by atoms with Gasteiger partial charge in [-0.25, -0.2) is 4.98 Å². The van der Waals surface area contributed by atoms with Gasteiger partial charge in [0, 0.05) is 19.7 Å². The maximum Gasteiger partial charge on any atom is 0.255 e. The molecule has 0 radical (unpaired) electrons. The van der Waals surface area contributed by atoms with Gasteiger partial charge in [0.1, 0.15) is 11.0 Å². The van der Waals surface area contributed by atoms with Gasteiger partial charge in [-0.3, -0.25) is 4.79 Å². The van der Waals surface area contributed by atoms with Gasteiger partial charge < -0.3 is 16.0 Å². The van der Waals surface area contributed by atoms with Crippen LogP contribution < -0.4 is 16.0 Å². The third kappa shape index (κ3) is 3.64. The van der Waals surface area contributed by atoms with Crippen molar-refractivity contribution >= 4 is 34.7 Å². The lowest BCUT2D eigenvalue weighted by Gasteiger charge is -2.13. The van der Waals surface area contributed by atoms with Crippen molar-refractivity contribution in [1.82, 2.24) is 4.98 Å². The Morgan fingerprint density at radius 2 is 2.00 bits per heavy atom. The molecule has 1 aromatic carbocycles. The number of hydrogen-bond acceptors (Lipinski definition) is 4. The van der Waals surface area contributed by atoms with E-state index in [0.717, 1.165) is 5.56 Å². The number of nitrogens with one attached hydrogen (secondary N) is 1. The first kappa shape index (κ1) is 15.1. The third-order valence-electron chi connectivity index (χ3n) is 2.96. The van der Waals surface area contributed by atoms with Crippen LogP contribution in [0.25, 0.3) is 0 Å². The van der Waals surface area contributed by atoms with E-state index >= 15 is 0 Å². The Morgan fingerprint density at radius 1 is 1.29 bits per heavy atom. The van der Waals surface area contributed by atoms with Crippen LogP contribution in [0.1, 0.15) is 15.9 Å². The largest absolute Gasteiger partial charge is 0.397 e. The van der Waals surface area contributed by atoms with Crippen molar-refractivity contribution in [1.29, 1.82) is 0 Å². The lowest BCUT2D eigenvalue weighted by atomic mass is 10.2. The second-order valence-electron chi connectivity index (χ2n) is 4.98. The summed E-state index contributed by atoms with van der Waals surface area (Å²) in [4.78, 5) is 18.2. The number of aromatic nitrogens is 1. The minimum Gasteiger partial charge on any atom is -0.397 e. The molecular weight excluding hydrogens is 288 g/mol. The van der Waals surface area contributed by atoms with Crippen LogP contribution in [0.3, 0.4) is 0 Å². The van der Waals surface area contributed by atoms with E-state index in [-0.39, 0.29) is 11.1 Å².